The second kappa shape index (κ2) is 7.58. The van der Waals surface area contributed by atoms with E-state index < -0.39 is 0 Å². The van der Waals surface area contributed by atoms with Crippen LogP contribution in [0.2, 0.25) is 0 Å². The van der Waals surface area contributed by atoms with E-state index in [0.717, 1.165) is 24.1 Å². The Bertz CT molecular complexity index is 456. The maximum Gasteiger partial charge on any atom is 0.102 e. The van der Waals surface area contributed by atoms with Crippen molar-refractivity contribution in [1.82, 2.24) is 5.32 Å². The average molecular weight is 357 g/mol. The number of benzene rings is 1. The van der Waals surface area contributed by atoms with Crippen molar-refractivity contribution in [3.05, 3.63) is 28.2 Å². The fraction of sp³-hybridized carbons (Fsp3) is 0.625. The highest BCUT2D eigenvalue weighted by Crippen LogP contribution is 2.29. The van der Waals surface area contributed by atoms with Crippen LogP contribution in [-0.4, -0.2) is 45.6 Å². The molecule has 5 heteroatoms. The van der Waals surface area contributed by atoms with Gasteiger partial charge in [0.05, 0.1) is 0 Å². The Labute approximate surface area is 135 Å². The van der Waals surface area contributed by atoms with Crippen LogP contribution in [-0.2, 0) is 16.0 Å². The van der Waals surface area contributed by atoms with E-state index in [1.54, 1.807) is 14.2 Å². The van der Waals surface area contributed by atoms with Gasteiger partial charge in [0.15, 0.2) is 0 Å². The Morgan fingerprint density at radius 1 is 1.24 bits per heavy atom. The first kappa shape index (κ1) is 16.7. The van der Waals surface area contributed by atoms with Crippen molar-refractivity contribution in [2.45, 2.75) is 38.6 Å². The van der Waals surface area contributed by atoms with Gasteiger partial charge in [0, 0.05) is 50.1 Å². The summed E-state index contributed by atoms with van der Waals surface area (Å²) in [4.78, 5) is 2.35. The Morgan fingerprint density at radius 2 is 1.86 bits per heavy atom. The van der Waals surface area contributed by atoms with Gasteiger partial charge >= 0.3 is 0 Å². The number of hydrogen-bond donors (Lipinski definition) is 1. The molecule has 1 aromatic rings. The summed E-state index contributed by atoms with van der Waals surface area (Å²) in [5, 5.41) is 3.49. The van der Waals surface area contributed by atoms with Crippen LogP contribution in [0, 0.1) is 0 Å². The Kier molecular flexibility index (Phi) is 6.05. The van der Waals surface area contributed by atoms with E-state index >= 15 is 0 Å². The summed E-state index contributed by atoms with van der Waals surface area (Å²) < 4.78 is 12.2. The van der Waals surface area contributed by atoms with Crippen LogP contribution >= 0.6 is 15.9 Å². The number of anilines is 1. The molecule has 1 aliphatic heterocycles. The highest BCUT2D eigenvalue weighted by molar-refractivity contribution is 9.10. The molecular formula is C16H25BrN2O2. The van der Waals surface area contributed by atoms with Gasteiger partial charge in [-0.15, -0.1) is 0 Å². The Morgan fingerprint density at radius 3 is 2.38 bits per heavy atom. The SMILES string of the molecule is COC1CN(c2ccc(Br)cc2CNC(C)C)CC1OC. The highest BCUT2D eigenvalue weighted by atomic mass is 79.9. The largest absolute Gasteiger partial charge is 0.377 e. The molecule has 4 nitrogen and oxygen atoms in total. The molecule has 0 saturated carbocycles. The fourth-order valence-electron chi connectivity index (χ4n) is 2.71. The Balaban J connectivity index is 2.19. The van der Waals surface area contributed by atoms with Gasteiger partial charge in [0.2, 0.25) is 0 Å². The normalized spacial score (nSPS) is 22.3. The lowest BCUT2D eigenvalue weighted by molar-refractivity contribution is -0.00461. The van der Waals surface area contributed by atoms with Crippen molar-refractivity contribution < 1.29 is 9.47 Å². The van der Waals surface area contributed by atoms with Crippen LogP contribution in [0.5, 0.6) is 0 Å². The smallest absolute Gasteiger partial charge is 0.102 e. The van der Waals surface area contributed by atoms with Gasteiger partial charge in [0.25, 0.3) is 0 Å². The van der Waals surface area contributed by atoms with Gasteiger partial charge in [-0.1, -0.05) is 29.8 Å². The summed E-state index contributed by atoms with van der Waals surface area (Å²) in [5.74, 6) is 0. The molecule has 118 valence electrons. The molecule has 2 atom stereocenters. The lowest BCUT2D eigenvalue weighted by Gasteiger charge is -2.23. The summed E-state index contributed by atoms with van der Waals surface area (Å²) in [5.41, 5.74) is 2.55. The third-order valence-electron chi connectivity index (χ3n) is 3.90. The van der Waals surface area contributed by atoms with E-state index in [1.807, 2.05) is 0 Å². The molecule has 1 aromatic carbocycles. The molecule has 1 N–H and O–H groups in total. The molecule has 1 fully saturated rings. The summed E-state index contributed by atoms with van der Waals surface area (Å²) in [6.07, 6.45) is 0.258. The predicted molar refractivity (Wildman–Crippen MR) is 89.9 cm³/mol. The van der Waals surface area contributed by atoms with E-state index in [2.05, 4.69) is 58.2 Å². The number of nitrogens with zero attached hydrogens (tertiary/aromatic N) is 1. The van der Waals surface area contributed by atoms with Crippen LogP contribution in [0.1, 0.15) is 19.4 Å². The molecular weight excluding hydrogens is 332 g/mol. The van der Waals surface area contributed by atoms with Crippen molar-refractivity contribution >= 4 is 21.6 Å². The average Bonchev–Trinajstić information content (AvgIpc) is 2.88. The molecule has 0 aliphatic carbocycles. The molecule has 0 radical (unpaired) electrons. The first-order valence-electron chi connectivity index (χ1n) is 7.37. The molecule has 0 aromatic heterocycles. The minimum Gasteiger partial charge on any atom is -0.377 e. The quantitative estimate of drug-likeness (QED) is 0.849. The van der Waals surface area contributed by atoms with Crippen LogP contribution in [0.4, 0.5) is 5.69 Å². The predicted octanol–water partition coefficient (Wildman–Crippen LogP) is 2.80. The van der Waals surface area contributed by atoms with Crippen molar-refractivity contribution in [2.75, 3.05) is 32.2 Å². The number of methoxy groups -OCH3 is 2. The zero-order valence-electron chi connectivity index (χ0n) is 13.2. The van der Waals surface area contributed by atoms with Crippen molar-refractivity contribution in [1.29, 1.82) is 0 Å². The molecule has 0 amide bonds. The first-order chi connectivity index (χ1) is 10.0. The number of rotatable bonds is 6. The second-order valence-corrected chi connectivity index (χ2v) is 6.68. The maximum absolute atomic E-state index is 5.54. The lowest BCUT2D eigenvalue weighted by atomic mass is 10.1. The molecule has 1 aliphatic rings. The summed E-state index contributed by atoms with van der Waals surface area (Å²) in [7, 11) is 3.51. The highest BCUT2D eigenvalue weighted by Gasteiger charge is 2.33. The van der Waals surface area contributed by atoms with Gasteiger partial charge in [0.1, 0.15) is 12.2 Å². The number of hydrogen-bond acceptors (Lipinski definition) is 4. The van der Waals surface area contributed by atoms with Gasteiger partial charge in [-0.05, 0) is 23.8 Å². The number of nitrogens with one attached hydrogen (secondary N) is 1. The molecule has 1 heterocycles. The summed E-state index contributed by atoms with van der Waals surface area (Å²) in [6, 6.07) is 6.92. The number of ether oxygens (including phenoxy) is 2. The molecule has 2 unspecified atom stereocenters. The lowest BCUT2D eigenvalue weighted by Crippen LogP contribution is -2.27. The van der Waals surface area contributed by atoms with Crippen LogP contribution in [0.15, 0.2) is 22.7 Å². The maximum atomic E-state index is 5.54. The standard InChI is InChI=1S/C16H25BrN2O2/c1-11(2)18-8-12-7-13(17)5-6-14(12)19-9-15(20-3)16(10-19)21-4/h5-7,11,15-16,18H,8-10H2,1-4H3. The third kappa shape index (κ3) is 4.19. The van der Waals surface area contributed by atoms with Crippen molar-refractivity contribution in [3.63, 3.8) is 0 Å². The van der Waals surface area contributed by atoms with Gasteiger partial charge in [-0.25, -0.2) is 0 Å². The number of halogens is 1. The monoisotopic (exact) mass is 356 g/mol. The van der Waals surface area contributed by atoms with Gasteiger partial charge in [-0.3, -0.25) is 0 Å². The second-order valence-electron chi connectivity index (χ2n) is 5.76. The first-order valence-corrected chi connectivity index (χ1v) is 8.16. The molecule has 1 saturated heterocycles. The van der Waals surface area contributed by atoms with E-state index in [-0.39, 0.29) is 12.2 Å². The van der Waals surface area contributed by atoms with E-state index in [0.29, 0.717) is 6.04 Å². The van der Waals surface area contributed by atoms with Crippen LogP contribution in [0.3, 0.4) is 0 Å². The Hall–Kier alpha value is -0.620. The topological polar surface area (TPSA) is 33.7 Å². The van der Waals surface area contributed by atoms with Crippen molar-refractivity contribution in [2.24, 2.45) is 0 Å². The molecule has 21 heavy (non-hydrogen) atoms. The fourth-order valence-corrected chi connectivity index (χ4v) is 3.12. The minimum atomic E-state index is 0.129. The molecule has 0 bridgehead atoms. The van der Waals surface area contributed by atoms with Gasteiger partial charge in [-0.2, -0.15) is 0 Å². The molecule has 2 rings (SSSR count). The molecule has 0 spiro atoms. The van der Waals surface area contributed by atoms with Gasteiger partial charge < -0.3 is 19.7 Å². The zero-order valence-corrected chi connectivity index (χ0v) is 14.8. The summed E-state index contributed by atoms with van der Waals surface area (Å²) >= 11 is 3.57. The van der Waals surface area contributed by atoms with E-state index in [4.69, 9.17) is 9.47 Å². The van der Waals surface area contributed by atoms with E-state index in [1.165, 1.54) is 11.3 Å². The van der Waals surface area contributed by atoms with E-state index in [9.17, 15) is 0 Å². The third-order valence-corrected chi connectivity index (χ3v) is 4.40. The van der Waals surface area contributed by atoms with Crippen LogP contribution in [0.25, 0.3) is 0 Å². The summed E-state index contributed by atoms with van der Waals surface area (Å²) in [6.45, 7) is 6.92. The zero-order chi connectivity index (χ0) is 15.4. The van der Waals surface area contributed by atoms with Crippen LogP contribution < -0.4 is 10.2 Å². The van der Waals surface area contributed by atoms with Crippen molar-refractivity contribution in [3.8, 4) is 0 Å². The minimum absolute atomic E-state index is 0.129.